The molecule has 172 valence electrons. The van der Waals surface area contributed by atoms with Crippen molar-refractivity contribution in [2.75, 3.05) is 18.4 Å². The Morgan fingerprint density at radius 2 is 1.94 bits per heavy atom. The van der Waals surface area contributed by atoms with Gasteiger partial charge in [-0.3, -0.25) is 24.9 Å². The molecule has 0 radical (unpaired) electrons. The molecule has 0 saturated carbocycles. The summed E-state index contributed by atoms with van der Waals surface area (Å²) >= 11 is 0. The van der Waals surface area contributed by atoms with E-state index in [-0.39, 0.29) is 37.2 Å². The number of benzene rings is 1. The third-order valence-electron chi connectivity index (χ3n) is 4.85. The molecule has 1 amide bonds. The van der Waals surface area contributed by atoms with Gasteiger partial charge in [0.05, 0.1) is 29.3 Å². The standard InChI is InChI=1S/C21H22N6O2.3ClH/c28-21(26-29)8-7-16-11-23-20(12-22-16)25-18-9-10-27(14-18)13-17-6-5-15-3-1-2-4-19(15)24-17;;;/h1-8,11-12,18,29H,9-10,13-14H2,(H,23,25)(H,26,28);3*1H/b8-7+;;;/t18-;;;/m1.../s1. The summed E-state index contributed by atoms with van der Waals surface area (Å²) in [4.78, 5) is 26.7. The Balaban J connectivity index is 0.00000171. The molecule has 3 heterocycles. The van der Waals surface area contributed by atoms with Crippen LogP contribution in [0.4, 0.5) is 5.82 Å². The molecule has 1 atom stereocenters. The van der Waals surface area contributed by atoms with Gasteiger partial charge in [-0.2, -0.15) is 0 Å². The first-order valence-electron chi connectivity index (χ1n) is 9.47. The molecule has 32 heavy (non-hydrogen) atoms. The van der Waals surface area contributed by atoms with Gasteiger partial charge in [-0.05, 0) is 24.6 Å². The SMILES string of the molecule is Cl.Cl.Cl.O=C(/C=C/c1cnc(N[C@@H]2CCN(Cc3ccc4ccccc4n3)C2)cn1)NO. The number of hydrogen-bond donors (Lipinski definition) is 3. The summed E-state index contributed by atoms with van der Waals surface area (Å²) in [6.07, 6.45) is 6.91. The highest BCUT2D eigenvalue weighted by Crippen LogP contribution is 2.18. The van der Waals surface area contributed by atoms with Gasteiger partial charge in [-0.1, -0.05) is 24.3 Å². The average Bonchev–Trinajstić information content (AvgIpc) is 3.19. The van der Waals surface area contributed by atoms with Crippen LogP contribution in [0.25, 0.3) is 17.0 Å². The number of nitrogens with one attached hydrogen (secondary N) is 2. The highest BCUT2D eigenvalue weighted by Gasteiger charge is 2.23. The van der Waals surface area contributed by atoms with Crippen LogP contribution in [0, 0.1) is 0 Å². The lowest BCUT2D eigenvalue weighted by Crippen LogP contribution is -2.26. The van der Waals surface area contributed by atoms with Crippen LogP contribution in [0.3, 0.4) is 0 Å². The number of carbonyl (C=O) groups is 1. The fraction of sp³-hybridized carbons (Fsp3) is 0.238. The fourth-order valence-electron chi connectivity index (χ4n) is 3.43. The highest BCUT2D eigenvalue weighted by atomic mass is 35.5. The summed E-state index contributed by atoms with van der Waals surface area (Å²) in [7, 11) is 0. The van der Waals surface area contributed by atoms with Crippen LogP contribution in [0.1, 0.15) is 17.8 Å². The van der Waals surface area contributed by atoms with Gasteiger partial charge < -0.3 is 5.32 Å². The van der Waals surface area contributed by atoms with Crippen LogP contribution in [0.15, 0.2) is 54.9 Å². The first-order valence-corrected chi connectivity index (χ1v) is 9.47. The predicted molar refractivity (Wildman–Crippen MR) is 132 cm³/mol. The maximum absolute atomic E-state index is 11.0. The van der Waals surface area contributed by atoms with Gasteiger partial charge >= 0.3 is 0 Å². The third kappa shape index (κ3) is 7.29. The van der Waals surface area contributed by atoms with Crippen molar-refractivity contribution in [1.29, 1.82) is 0 Å². The number of rotatable bonds is 6. The van der Waals surface area contributed by atoms with Gasteiger partial charge in [0.2, 0.25) is 0 Å². The summed E-state index contributed by atoms with van der Waals surface area (Å²) in [6, 6.07) is 12.7. The molecule has 0 spiro atoms. The van der Waals surface area contributed by atoms with E-state index < -0.39 is 5.91 Å². The Kier molecular flexibility index (Phi) is 11.3. The number of aromatic nitrogens is 3. The lowest BCUT2D eigenvalue weighted by atomic mass is 10.2. The average molecular weight is 500 g/mol. The Hall–Kier alpha value is -2.49. The minimum absolute atomic E-state index is 0. The van der Waals surface area contributed by atoms with E-state index in [0.29, 0.717) is 17.6 Å². The van der Waals surface area contributed by atoms with Crippen molar-refractivity contribution in [1.82, 2.24) is 25.3 Å². The van der Waals surface area contributed by atoms with E-state index in [1.165, 1.54) is 17.6 Å². The number of likely N-dealkylation sites (tertiary alicyclic amines) is 1. The number of hydrogen-bond acceptors (Lipinski definition) is 7. The number of fused-ring (bicyclic) bond motifs is 1. The normalized spacial score (nSPS) is 15.5. The molecule has 4 rings (SSSR count). The van der Waals surface area contributed by atoms with Crippen LogP contribution in [0.5, 0.6) is 0 Å². The second kappa shape index (κ2) is 13.1. The van der Waals surface area contributed by atoms with E-state index in [1.807, 2.05) is 18.2 Å². The summed E-state index contributed by atoms with van der Waals surface area (Å²) in [6.45, 7) is 2.73. The lowest BCUT2D eigenvalue weighted by molar-refractivity contribution is -0.124. The van der Waals surface area contributed by atoms with Crippen molar-refractivity contribution in [3.8, 4) is 0 Å². The smallest absolute Gasteiger partial charge is 0.267 e. The zero-order valence-corrected chi connectivity index (χ0v) is 19.5. The van der Waals surface area contributed by atoms with Gasteiger partial charge in [0.15, 0.2) is 0 Å². The second-order valence-electron chi connectivity index (χ2n) is 7.00. The van der Waals surface area contributed by atoms with Crippen LogP contribution in [-0.2, 0) is 11.3 Å². The Labute approximate surface area is 204 Å². The van der Waals surface area contributed by atoms with E-state index in [1.54, 1.807) is 12.4 Å². The molecule has 1 aliphatic heterocycles. The molecule has 8 nitrogen and oxygen atoms in total. The highest BCUT2D eigenvalue weighted by molar-refractivity contribution is 5.90. The minimum Gasteiger partial charge on any atom is -0.365 e. The van der Waals surface area contributed by atoms with Gasteiger partial charge in [0.25, 0.3) is 5.91 Å². The third-order valence-corrected chi connectivity index (χ3v) is 4.85. The monoisotopic (exact) mass is 498 g/mol. The molecule has 0 bridgehead atoms. The molecule has 3 aromatic rings. The molecule has 1 fully saturated rings. The van der Waals surface area contributed by atoms with E-state index in [2.05, 4.69) is 38.4 Å². The van der Waals surface area contributed by atoms with Crippen LogP contribution < -0.4 is 10.8 Å². The van der Waals surface area contributed by atoms with E-state index in [0.717, 1.165) is 42.7 Å². The Morgan fingerprint density at radius 3 is 2.69 bits per heavy atom. The fourth-order valence-corrected chi connectivity index (χ4v) is 3.43. The molecule has 1 saturated heterocycles. The summed E-state index contributed by atoms with van der Waals surface area (Å²) < 4.78 is 0. The topological polar surface area (TPSA) is 103 Å². The van der Waals surface area contributed by atoms with Gasteiger partial charge in [-0.15, -0.1) is 37.2 Å². The minimum atomic E-state index is -0.610. The zero-order valence-electron chi connectivity index (χ0n) is 17.0. The van der Waals surface area contributed by atoms with Crippen molar-refractivity contribution < 1.29 is 10.0 Å². The number of hydroxylamine groups is 1. The number of halogens is 3. The molecular formula is C21H25Cl3N6O2. The molecule has 1 aliphatic rings. The van der Waals surface area contributed by atoms with Crippen molar-refractivity contribution >= 4 is 65.9 Å². The molecule has 0 aliphatic carbocycles. The largest absolute Gasteiger partial charge is 0.365 e. The first-order chi connectivity index (χ1) is 14.2. The Morgan fingerprint density at radius 1 is 1.12 bits per heavy atom. The predicted octanol–water partition coefficient (Wildman–Crippen LogP) is 3.50. The number of pyridine rings is 1. The van der Waals surface area contributed by atoms with Gasteiger partial charge in [-0.25, -0.2) is 10.5 Å². The van der Waals surface area contributed by atoms with Crippen LogP contribution in [-0.4, -0.2) is 50.1 Å². The van der Waals surface area contributed by atoms with E-state index >= 15 is 0 Å². The maximum atomic E-state index is 11.0. The quantitative estimate of drug-likeness (QED) is 0.271. The van der Waals surface area contributed by atoms with Crippen LogP contribution in [0.2, 0.25) is 0 Å². The van der Waals surface area contributed by atoms with Gasteiger partial charge in [0.1, 0.15) is 5.82 Å². The number of nitrogens with zero attached hydrogens (tertiary/aromatic N) is 4. The van der Waals surface area contributed by atoms with E-state index in [9.17, 15) is 4.79 Å². The number of para-hydroxylation sites is 1. The molecule has 2 aromatic heterocycles. The number of anilines is 1. The van der Waals surface area contributed by atoms with Crippen molar-refractivity contribution in [3.05, 3.63) is 66.3 Å². The van der Waals surface area contributed by atoms with Crippen molar-refractivity contribution in [3.63, 3.8) is 0 Å². The van der Waals surface area contributed by atoms with Gasteiger partial charge in [0, 0.05) is 37.1 Å². The first kappa shape index (κ1) is 27.5. The lowest BCUT2D eigenvalue weighted by Gasteiger charge is -2.17. The Bertz CT molecular complexity index is 1040. The zero-order chi connectivity index (χ0) is 20.1. The second-order valence-corrected chi connectivity index (χ2v) is 7.00. The number of amides is 1. The molecule has 3 N–H and O–H groups in total. The van der Waals surface area contributed by atoms with Crippen LogP contribution >= 0.6 is 37.2 Å². The molecule has 11 heteroatoms. The molecule has 0 unspecified atom stereocenters. The summed E-state index contributed by atoms with van der Waals surface area (Å²) in [5.41, 5.74) is 4.17. The maximum Gasteiger partial charge on any atom is 0.267 e. The summed E-state index contributed by atoms with van der Waals surface area (Å²) in [5, 5.41) is 13.0. The van der Waals surface area contributed by atoms with E-state index in [4.69, 9.17) is 10.2 Å². The van der Waals surface area contributed by atoms with Crippen molar-refractivity contribution in [2.45, 2.75) is 19.0 Å². The summed E-state index contributed by atoms with van der Waals surface area (Å²) in [5.74, 6) is 0.0883. The molecule has 1 aromatic carbocycles. The number of carbonyl (C=O) groups excluding carboxylic acids is 1. The van der Waals surface area contributed by atoms with Crippen molar-refractivity contribution in [2.24, 2.45) is 0 Å². The molecular weight excluding hydrogens is 475 g/mol.